The standard InChI is InChI=1S/C14H17ClN2.C10H8/c15-12-7-13(6-11-4-2-1-3-5-11)17-10-16-9-14(17)8-12;1-2-6-10-8-4-3-7-9(10)5-1/h7-11H,1-6H2;1-8H. The van der Waals surface area contributed by atoms with Gasteiger partial charge in [0.15, 0.2) is 0 Å². The molecular formula is C24H25ClN2. The summed E-state index contributed by atoms with van der Waals surface area (Å²) in [5.74, 6) is 0.827. The molecule has 138 valence electrons. The minimum atomic E-state index is 0.823. The van der Waals surface area contributed by atoms with E-state index in [1.54, 1.807) is 0 Å². The monoisotopic (exact) mass is 376 g/mol. The van der Waals surface area contributed by atoms with Gasteiger partial charge in [-0.3, -0.25) is 0 Å². The van der Waals surface area contributed by atoms with Crippen molar-refractivity contribution in [3.05, 3.63) is 83.9 Å². The molecule has 1 saturated carbocycles. The molecule has 2 nitrogen and oxygen atoms in total. The van der Waals surface area contributed by atoms with Gasteiger partial charge in [0, 0.05) is 10.7 Å². The first kappa shape index (κ1) is 18.1. The van der Waals surface area contributed by atoms with Gasteiger partial charge in [-0.2, -0.15) is 0 Å². The number of fused-ring (bicyclic) bond motifs is 2. The predicted octanol–water partition coefficient (Wildman–Crippen LogP) is 6.95. The van der Waals surface area contributed by atoms with E-state index in [0.717, 1.165) is 22.9 Å². The summed E-state index contributed by atoms with van der Waals surface area (Å²) in [6, 6.07) is 20.8. The van der Waals surface area contributed by atoms with Crippen LogP contribution in [-0.2, 0) is 6.42 Å². The highest BCUT2D eigenvalue weighted by Gasteiger charge is 2.15. The molecule has 0 atom stereocenters. The van der Waals surface area contributed by atoms with Crippen LogP contribution in [0.1, 0.15) is 37.8 Å². The quantitative estimate of drug-likeness (QED) is 0.370. The summed E-state index contributed by atoms with van der Waals surface area (Å²) >= 11 is 6.16. The fourth-order valence-corrected chi connectivity index (χ4v) is 4.28. The Morgan fingerprint density at radius 2 is 1.52 bits per heavy atom. The van der Waals surface area contributed by atoms with Crippen molar-refractivity contribution >= 4 is 27.9 Å². The Labute approximate surface area is 165 Å². The fourth-order valence-electron chi connectivity index (χ4n) is 4.04. The van der Waals surface area contributed by atoms with Crippen molar-refractivity contribution < 1.29 is 0 Å². The number of imidazole rings is 1. The Bertz CT molecular complexity index is 950. The van der Waals surface area contributed by atoms with Crippen LogP contribution in [0, 0.1) is 5.92 Å². The summed E-state index contributed by atoms with van der Waals surface area (Å²) in [5, 5.41) is 3.44. The van der Waals surface area contributed by atoms with E-state index in [2.05, 4.69) is 64.0 Å². The van der Waals surface area contributed by atoms with Gasteiger partial charge in [0.05, 0.1) is 18.0 Å². The molecule has 1 aliphatic carbocycles. The van der Waals surface area contributed by atoms with Crippen LogP contribution in [0.15, 0.2) is 73.2 Å². The van der Waals surface area contributed by atoms with Gasteiger partial charge in [-0.25, -0.2) is 4.98 Å². The molecule has 27 heavy (non-hydrogen) atoms. The van der Waals surface area contributed by atoms with Crippen LogP contribution in [0.3, 0.4) is 0 Å². The van der Waals surface area contributed by atoms with Crippen LogP contribution in [0.25, 0.3) is 16.3 Å². The van der Waals surface area contributed by atoms with Crippen LogP contribution in [0.4, 0.5) is 0 Å². The van der Waals surface area contributed by atoms with Crippen LogP contribution in [0.2, 0.25) is 5.02 Å². The maximum Gasteiger partial charge on any atom is 0.0994 e. The molecule has 1 fully saturated rings. The molecule has 4 aromatic rings. The first-order valence-electron chi connectivity index (χ1n) is 9.84. The largest absolute Gasteiger partial charge is 0.303 e. The number of pyridine rings is 1. The Balaban J connectivity index is 0.000000153. The van der Waals surface area contributed by atoms with Gasteiger partial charge < -0.3 is 4.40 Å². The molecule has 1 aliphatic rings. The lowest BCUT2D eigenvalue weighted by molar-refractivity contribution is 0.353. The summed E-state index contributed by atoms with van der Waals surface area (Å²) < 4.78 is 2.17. The average Bonchev–Trinajstić information content (AvgIpc) is 3.18. The van der Waals surface area contributed by atoms with Crippen molar-refractivity contribution in [2.75, 3.05) is 0 Å². The fraction of sp³-hybridized carbons (Fsp3) is 0.292. The molecule has 3 heteroatoms. The van der Waals surface area contributed by atoms with Gasteiger partial charge in [-0.05, 0) is 35.2 Å². The minimum absolute atomic E-state index is 0.823. The summed E-state index contributed by atoms with van der Waals surface area (Å²) in [6.45, 7) is 0. The number of hydrogen-bond acceptors (Lipinski definition) is 1. The van der Waals surface area contributed by atoms with E-state index >= 15 is 0 Å². The van der Waals surface area contributed by atoms with Gasteiger partial charge in [0.25, 0.3) is 0 Å². The number of hydrogen-bond donors (Lipinski definition) is 0. The zero-order valence-corrected chi connectivity index (χ0v) is 16.3. The SMILES string of the molecule is Clc1cc(CC2CCCCC2)n2cncc2c1.c1ccc2ccccc2c1. The third-order valence-electron chi connectivity index (χ3n) is 5.45. The number of nitrogens with zero attached hydrogens (tertiary/aromatic N) is 2. The lowest BCUT2D eigenvalue weighted by Crippen LogP contribution is -2.11. The highest BCUT2D eigenvalue weighted by Crippen LogP contribution is 2.28. The summed E-state index contributed by atoms with van der Waals surface area (Å²) in [7, 11) is 0. The Morgan fingerprint density at radius 1 is 0.889 bits per heavy atom. The molecule has 0 aliphatic heterocycles. The Morgan fingerprint density at radius 3 is 2.15 bits per heavy atom. The van der Waals surface area contributed by atoms with E-state index in [0.29, 0.717) is 0 Å². The number of benzene rings is 2. The number of rotatable bonds is 2. The van der Waals surface area contributed by atoms with Gasteiger partial charge in [0.1, 0.15) is 0 Å². The summed E-state index contributed by atoms with van der Waals surface area (Å²) in [6.07, 6.45) is 11.8. The first-order valence-corrected chi connectivity index (χ1v) is 10.2. The van der Waals surface area contributed by atoms with Crippen molar-refractivity contribution in [2.24, 2.45) is 5.92 Å². The number of aromatic nitrogens is 2. The van der Waals surface area contributed by atoms with Crippen molar-refractivity contribution in [1.29, 1.82) is 0 Å². The maximum atomic E-state index is 6.16. The Kier molecular flexibility index (Phi) is 5.74. The zero-order chi connectivity index (χ0) is 18.5. The van der Waals surface area contributed by atoms with E-state index in [9.17, 15) is 0 Å². The topological polar surface area (TPSA) is 17.3 Å². The lowest BCUT2D eigenvalue weighted by atomic mass is 9.86. The van der Waals surface area contributed by atoms with E-state index in [-0.39, 0.29) is 0 Å². The molecule has 0 N–H and O–H groups in total. The smallest absolute Gasteiger partial charge is 0.0994 e. The third-order valence-corrected chi connectivity index (χ3v) is 5.67. The van der Waals surface area contributed by atoms with E-state index in [1.165, 1.54) is 48.6 Å². The maximum absolute atomic E-state index is 6.16. The van der Waals surface area contributed by atoms with Crippen LogP contribution < -0.4 is 0 Å². The molecule has 2 aromatic heterocycles. The van der Waals surface area contributed by atoms with Gasteiger partial charge in [-0.15, -0.1) is 0 Å². The highest BCUT2D eigenvalue weighted by atomic mass is 35.5. The number of halogens is 1. The molecular weight excluding hydrogens is 352 g/mol. The second-order valence-corrected chi connectivity index (χ2v) is 7.85. The average molecular weight is 377 g/mol. The molecule has 0 amide bonds. The third kappa shape index (κ3) is 4.51. The molecule has 2 heterocycles. The van der Waals surface area contributed by atoms with Gasteiger partial charge in [0.2, 0.25) is 0 Å². The van der Waals surface area contributed by atoms with Crippen molar-refractivity contribution in [2.45, 2.75) is 38.5 Å². The second kappa shape index (κ2) is 8.58. The molecule has 0 bridgehead atoms. The van der Waals surface area contributed by atoms with E-state index in [1.807, 2.05) is 18.6 Å². The molecule has 0 spiro atoms. The second-order valence-electron chi connectivity index (χ2n) is 7.41. The summed E-state index contributed by atoms with van der Waals surface area (Å²) in [5.41, 5.74) is 2.40. The normalized spacial score (nSPS) is 14.9. The zero-order valence-electron chi connectivity index (χ0n) is 15.5. The van der Waals surface area contributed by atoms with Crippen LogP contribution in [-0.4, -0.2) is 9.38 Å². The van der Waals surface area contributed by atoms with Crippen molar-refractivity contribution in [3.8, 4) is 0 Å². The summed E-state index contributed by atoms with van der Waals surface area (Å²) in [4.78, 5) is 4.20. The minimum Gasteiger partial charge on any atom is -0.303 e. The first-order chi connectivity index (χ1) is 13.3. The van der Waals surface area contributed by atoms with Gasteiger partial charge >= 0.3 is 0 Å². The van der Waals surface area contributed by atoms with Crippen LogP contribution >= 0.6 is 11.6 Å². The lowest BCUT2D eigenvalue weighted by Gasteiger charge is -2.22. The molecule has 0 radical (unpaired) electrons. The van der Waals surface area contributed by atoms with Crippen molar-refractivity contribution in [3.63, 3.8) is 0 Å². The highest BCUT2D eigenvalue weighted by molar-refractivity contribution is 6.31. The predicted molar refractivity (Wildman–Crippen MR) is 114 cm³/mol. The van der Waals surface area contributed by atoms with Gasteiger partial charge in [-0.1, -0.05) is 92.2 Å². The molecule has 2 aromatic carbocycles. The van der Waals surface area contributed by atoms with E-state index in [4.69, 9.17) is 11.6 Å². The molecule has 0 unspecified atom stereocenters. The molecule has 5 rings (SSSR count). The van der Waals surface area contributed by atoms with E-state index < -0.39 is 0 Å². The molecule has 0 saturated heterocycles. The van der Waals surface area contributed by atoms with Crippen LogP contribution in [0.5, 0.6) is 0 Å². The Hall–Kier alpha value is -2.32. The van der Waals surface area contributed by atoms with Crippen molar-refractivity contribution in [1.82, 2.24) is 9.38 Å².